The maximum atomic E-state index is 12.2. The third kappa shape index (κ3) is 3.73. The fraction of sp³-hybridized carbons (Fsp3) is 0.0769. The maximum Gasteiger partial charge on any atom is 0.242 e. The van der Waals surface area contributed by atoms with E-state index in [9.17, 15) is 8.42 Å². The van der Waals surface area contributed by atoms with Crippen LogP contribution in [0.15, 0.2) is 51.8 Å². The Labute approximate surface area is 131 Å². The fourth-order valence-corrected chi connectivity index (χ4v) is 3.50. The van der Waals surface area contributed by atoms with Crippen molar-refractivity contribution in [1.82, 2.24) is 4.72 Å². The van der Waals surface area contributed by atoms with Gasteiger partial charge in [0, 0.05) is 16.0 Å². The second-order valence-corrected chi connectivity index (χ2v) is 7.22. The summed E-state index contributed by atoms with van der Waals surface area (Å²) in [6, 6.07) is 11.7. The first-order chi connectivity index (χ1) is 9.38. The second-order valence-electron chi connectivity index (χ2n) is 4.14. The van der Waals surface area contributed by atoms with Crippen molar-refractivity contribution in [2.75, 3.05) is 5.73 Å². The lowest BCUT2D eigenvalue weighted by Crippen LogP contribution is -2.24. The van der Waals surface area contributed by atoms with Crippen molar-refractivity contribution in [1.29, 1.82) is 0 Å². The predicted octanol–water partition coefficient (Wildman–Crippen LogP) is 3.16. The van der Waals surface area contributed by atoms with Gasteiger partial charge in [-0.1, -0.05) is 39.7 Å². The zero-order valence-electron chi connectivity index (χ0n) is 10.3. The zero-order chi connectivity index (χ0) is 14.8. The number of rotatable bonds is 4. The van der Waals surface area contributed by atoms with Gasteiger partial charge in [-0.2, -0.15) is 0 Å². The lowest BCUT2D eigenvalue weighted by atomic mass is 10.2. The van der Waals surface area contributed by atoms with Gasteiger partial charge in [0.25, 0.3) is 0 Å². The number of anilines is 1. The number of nitrogens with one attached hydrogen (secondary N) is 1. The van der Waals surface area contributed by atoms with E-state index in [1.807, 2.05) is 24.3 Å². The molecule has 0 aliphatic rings. The zero-order valence-corrected chi connectivity index (χ0v) is 13.5. The van der Waals surface area contributed by atoms with Crippen molar-refractivity contribution in [3.63, 3.8) is 0 Å². The van der Waals surface area contributed by atoms with Gasteiger partial charge < -0.3 is 5.73 Å². The van der Waals surface area contributed by atoms with E-state index >= 15 is 0 Å². The summed E-state index contributed by atoms with van der Waals surface area (Å²) in [6.45, 7) is 0.174. The monoisotopic (exact) mass is 374 g/mol. The molecule has 106 valence electrons. The molecule has 0 amide bonds. The van der Waals surface area contributed by atoms with Gasteiger partial charge in [-0.05, 0) is 35.9 Å². The van der Waals surface area contributed by atoms with E-state index in [2.05, 4.69) is 20.7 Å². The number of hydrogen-bond acceptors (Lipinski definition) is 3. The molecule has 0 unspecified atom stereocenters. The molecule has 2 rings (SSSR count). The van der Waals surface area contributed by atoms with Crippen molar-refractivity contribution >= 4 is 43.2 Å². The molecule has 0 spiro atoms. The Morgan fingerprint density at radius 3 is 2.65 bits per heavy atom. The van der Waals surface area contributed by atoms with Gasteiger partial charge in [0.2, 0.25) is 10.0 Å². The predicted molar refractivity (Wildman–Crippen MR) is 84.0 cm³/mol. The highest BCUT2D eigenvalue weighted by molar-refractivity contribution is 9.10. The summed E-state index contributed by atoms with van der Waals surface area (Å²) in [5, 5.41) is 0.321. The molecular weight excluding hydrogens is 364 g/mol. The minimum Gasteiger partial charge on any atom is -0.398 e. The molecule has 3 N–H and O–H groups in total. The Morgan fingerprint density at radius 2 is 1.95 bits per heavy atom. The third-order valence-electron chi connectivity index (χ3n) is 2.62. The molecule has 7 heteroatoms. The van der Waals surface area contributed by atoms with Crippen LogP contribution in [0.3, 0.4) is 0 Å². The van der Waals surface area contributed by atoms with Gasteiger partial charge >= 0.3 is 0 Å². The SMILES string of the molecule is Nc1ccc(Cl)cc1S(=O)(=O)NCc1cccc(Br)c1. The van der Waals surface area contributed by atoms with Crippen LogP contribution in [0.5, 0.6) is 0 Å². The summed E-state index contributed by atoms with van der Waals surface area (Å²) in [4.78, 5) is -0.0139. The molecule has 2 aromatic carbocycles. The van der Waals surface area contributed by atoms with Crippen molar-refractivity contribution in [3.8, 4) is 0 Å². The first kappa shape index (κ1) is 15.3. The maximum absolute atomic E-state index is 12.2. The number of hydrogen-bond donors (Lipinski definition) is 2. The van der Waals surface area contributed by atoms with Crippen LogP contribution in [-0.2, 0) is 16.6 Å². The quantitative estimate of drug-likeness (QED) is 0.806. The first-order valence-corrected chi connectivity index (χ1v) is 8.33. The van der Waals surface area contributed by atoms with Crippen LogP contribution < -0.4 is 10.5 Å². The summed E-state index contributed by atoms with van der Waals surface area (Å²) in [5.74, 6) is 0. The van der Waals surface area contributed by atoms with E-state index < -0.39 is 10.0 Å². The van der Waals surface area contributed by atoms with Crippen molar-refractivity contribution in [2.24, 2.45) is 0 Å². The largest absolute Gasteiger partial charge is 0.398 e. The highest BCUT2D eigenvalue weighted by Crippen LogP contribution is 2.22. The van der Waals surface area contributed by atoms with Crippen molar-refractivity contribution in [3.05, 3.63) is 57.5 Å². The molecule has 0 saturated carbocycles. The molecule has 4 nitrogen and oxygen atoms in total. The number of halogens is 2. The molecular formula is C13H12BrClN2O2S. The molecule has 0 heterocycles. The van der Waals surface area contributed by atoms with Crippen LogP contribution in [0, 0.1) is 0 Å². The Balaban J connectivity index is 2.21. The number of benzene rings is 2. The minimum absolute atomic E-state index is 0.0139. The summed E-state index contributed by atoms with van der Waals surface area (Å²) in [6.07, 6.45) is 0. The first-order valence-electron chi connectivity index (χ1n) is 5.67. The fourth-order valence-electron chi connectivity index (χ4n) is 1.64. The van der Waals surface area contributed by atoms with E-state index in [0.29, 0.717) is 5.02 Å². The third-order valence-corrected chi connectivity index (χ3v) is 4.81. The highest BCUT2D eigenvalue weighted by atomic mass is 79.9. The summed E-state index contributed by atoms with van der Waals surface area (Å²) < 4.78 is 27.8. The number of nitrogens with two attached hydrogens (primary N) is 1. The Bertz CT molecular complexity index is 735. The summed E-state index contributed by atoms with van der Waals surface area (Å²) >= 11 is 9.14. The Kier molecular flexibility index (Phi) is 4.70. The van der Waals surface area contributed by atoms with Crippen LogP contribution in [0.2, 0.25) is 5.02 Å². The molecule has 0 aliphatic carbocycles. The van der Waals surface area contributed by atoms with Crippen LogP contribution in [-0.4, -0.2) is 8.42 Å². The summed E-state index contributed by atoms with van der Waals surface area (Å²) in [5.41, 5.74) is 6.68. The minimum atomic E-state index is -3.70. The molecule has 0 bridgehead atoms. The van der Waals surface area contributed by atoms with Crippen LogP contribution in [0.25, 0.3) is 0 Å². The summed E-state index contributed by atoms with van der Waals surface area (Å²) in [7, 11) is -3.70. The molecule has 20 heavy (non-hydrogen) atoms. The number of nitrogen functional groups attached to an aromatic ring is 1. The molecule has 2 aromatic rings. The Hall–Kier alpha value is -1.08. The van der Waals surface area contributed by atoms with Crippen molar-refractivity contribution < 1.29 is 8.42 Å². The lowest BCUT2D eigenvalue weighted by Gasteiger charge is -2.09. The highest BCUT2D eigenvalue weighted by Gasteiger charge is 2.17. The van der Waals surface area contributed by atoms with E-state index in [1.54, 1.807) is 6.07 Å². The average molecular weight is 376 g/mol. The lowest BCUT2D eigenvalue weighted by molar-refractivity contribution is 0.581. The van der Waals surface area contributed by atoms with Crippen LogP contribution in [0.4, 0.5) is 5.69 Å². The molecule has 0 atom stereocenters. The number of sulfonamides is 1. The second kappa shape index (κ2) is 6.13. The normalized spacial score (nSPS) is 11.5. The average Bonchev–Trinajstić information content (AvgIpc) is 2.39. The van der Waals surface area contributed by atoms with Gasteiger partial charge in [0.1, 0.15) is 4.90 Å². The van der Waals surface area contributed by atoms with Gasteiger partial charge in [-0.3, -0.25) is 0 Å². The van der Waals surface area contributed by atoms with Gasteiger partial charge in [-0.15, -0.1) is 0 Å². The molecule has 0 aliphatic heterocycles. The van der Waals surface area contributed by atoms with Gasteiger partial charge in [0.05, 0.1) is 5.69 Å². The van der Waals surface area contributed by atoms with Crippen LogP contribution >= 0.6 is 27.5 Å². The standard InChI is InChI=1S/C13H12BrClN2O2S/c14-10-3-1-2-9(6-10)8-17-20(18,19)13-7-11(15)4-5-12(13)16/h1-7,17H,8,16H2. The molecule has 0 radical (unpaired) electrons. The van der Waals surface area contributed by atoms with Crippen LogP contribution in [0.1, 0.15) is 5.56 Å². The van der Waals surface area contributed by atoms with E-state index in [-0.39, 0.29) is 17.1 Å². The van der Waals surface area contributed by atoms with Crippen molar-refractivity contribution in [2.45, 2.75) is 11.4 Å². The van der Waals surface area contributed by atoms with E-state index in [1.165, 1.54) is 12.1 Å². The van der Waals surface area contributed by atoms with E-state index in [0.717, 1.165) is 10.0 Å². The van der Waals surface area contributed by atoms with E-state index in [4.69, 9.17) is 17.3 Å². The van der Waals surface area contributed by atoms with Gasteiger partial charge in [-0.25, -0.2) is 13.1 Å². The van der Waals surface area contributed by atoms with Gasteiger partial charge in [0.15, 0.2) is 0 Å². The smallest absolute Gasteiger partial charge is 0.242 e. The topological polar surface area (TPSA) is 72.2 Å². The Morgan fingerprint density at radius 1 is 1.20 bits per heavy atom. The molecule has 0 saturated heterocycles. The molecule has 0 fully saturated rings. The molecule has 0 aromatic heterocycles.